The van der Waals surface area contributed by atoms with Gasteiger partial charge in [0.05, 0.1) is 17.0 Å². The number of rotatable bonds is 2. The second-order valence-corrected chi connectivity index (χ2v) is 4.48. The van der Waals surface area contributed by atoms with Gasteiger partial charge in [0.1, 0.15) is 0 Å². The number of hydrogen-bond donors (Lipinski definition) is 0. The predicted molar refractivity (Wildman–Crippen MR) is 53.2 cm³/mol. The molecule has 0 saturated carbocycles. The molecule has 1 aromatic rings. The summed E-state index contributed by atoms with van der Waals surface area (Å²) in [6, 6.07) is 1.54. The molecule has 0 saturated heterocycles. The van der Waals surface area contributed by atoms with Crippen LogP contribution in [0.2, 0.25) is 5.02 Å². The summed E-state index contributed by atoms with van der Waals surface area (Å²) < 4.78 is 4.90. The van der Waals surface area contributed by atoms with Crippen LogP contribution in [0.5, 0.6) is 5.88 Å². The Balaban J connectivity index is 3.31. The van der Waals surface area contributed by atoms with Gasteiger partial charge >= 0.3 is 0 Å². The smallest absolute Gasteiger partial charge is 0.228 e. The summed E-state index contributed by atoms with van der Waals surface area (Å²) in [6.07, 6.45) is 1.42. The maximum absolute atomic E-state index is 10.3. The molecule has 1 atom stereocenters. The fourth-order valence-electron chi connectivity index (χ4n) is 0.735. The van der Waals surface area contributed by atoms with E-state index in [1.54, 1.807) is 5.23 Å². The fourth-order valence-corrected chi connectivity index (χ4v) is 1.90. The largest absolute Gasteiger partial charge is 0.480 e. The Morgan fingerprint density at radius 3 is 2.92 bits per heavy atom. The molecule has 0 aromatic carbocycles. The van der Waals surface area contributed by atoms with Crippen molar-refractivity contribution in [3.8, 4) is 5.88 Å². The van der Waals surface area contributed by atoms with Gasteiger partial charge in [-0.25, -0.2) is 9.78 Å². The van der Waals surface area contributed by atoms with E-state index < -0.39 is 9.70 Å². The molecule has 0 aliphatic rings. The lowest BCUT2D eigenvalue weighted by Crippen LogP contribution is -1.89. The number of nitrogens with zero attached hydrogens (tertiary/aromatic N) is 1. The van der Waals surface area contributed by atoms with Crippen molar-refractivity contribution < 1.29 is 9.53 Å². The number of carbonyl (C=O) groups excluding carboxylic acids is 1. The first-order chi connectivity index (χ1) is 6.19. The summed E-state index contributed by atoms with van der Waals surface area (Å²) in [6.45, 7) is 0. The zero-order chi connectivity index (χ0) is 9.84. The molecule has 0 aliphatic heterocycles. The van der Waals surface area contributed by atoms with Crippen LogP contribution in [0, 0.1) is 0 Å². The molecule has 0 amide bonds. The minimum atomic E-state index is -1.17. The van der Waals surface area contributed by atoms with Gasteiger partial charge in [0.15, 0.2) is 5.23 Å². The van der Waals surface area contributed by atoms with Crippen LogP contribution in [0.25, 0.3) is 0 Å². The van der Waals surface area contributed by atoms with Crippen molar-refractivity contribution in [1.82, 2.24) is 4.98 Å². The number of pyridine rings is 1. The molecule has 0 aliphatic carbocycles. The zero-order valence-corrected chi connectivity index (χ0v) is 8.91. The van der Waals surface area contributed by atoms with Crippen LogP contribution >= 0.6 is 32.0 Å². The molecule has 0 spiro atoms. The van der Waals surface area contributed by atoms with Crippen LogP contribution in [-0.4, -0.2) is 17.3 Å². The number of aromatic nitrogens is 1. The first-order valence-corrected chi connectivity index (χ1v) is 5.59. The van der Waals surface area contributed by atoms with Gasteiger partial charge in [-0.15, -0.1) is 0 Å². The van der Waals surface area contributed by atoms with E-state index >= 15 is 0 Å². The van der Waals surface area contributed by atoms with E-state index in [0.29, 0.717) is 15.8 Å². The monoisotopic (exact) mass is 237 g/mol. The molecule has 0 fully saturated rings. The Hall–Kier alpha value is -0.540. The summed E-state index contributed by atoms with van der Waals surface area (Å²) in [5, 5.41) is 2.05. The lowest BCUT2D eigenvalue weighted by atomic mass is 10.5. The first-order valence-electron chi connectivity index (χ1n) is 3.17. The highest BCUT2D eigenvalue weighted by Gasteiger charge is 2.08. The quantitative estimate of drug-likeness (QED) is 0.743. The van der Waals surface area contributed by atoms with E-state index in [0.717, 1.165) is 0 Å². The van der Waals surface area contributed by atoms with Crippen molar-refractivity contribution in [1.29, 1.82) is 0 Å². The van der Waals surface area contributed by atoms with Crippen LogP contribution in [0.3, 0.4) is 0 Å². The van der Waals surface area contributed by atoms with Crippen molar-refractivity contribution in [2.75, 3.05) is 7.11 Å². The summed E-state index contributed by atoms with van der Waals surface area (Å²) in [4.78, 5) is 14.6. The van der Waals surface area contributed by atoms with Crippen molar-refractivity contribution >= 4 is 37.2 Å². The Morgan fingerprint density at radius 1 is 1.69 bits per heavy atom. The number of ether oxygens (including phenoxy) is 1. The molecule has 1 unspecified atom stereocenters. The zero-order valence-electron chi connectivity index (χ0n) is 6.58. The summed E-state index contributed by atoms with van der Waals surface area (Å²) >= 11 is 5.67. The van der Waals surface area contributed by atoms with Gasteiger partial charge in [-0.05, 0) is 16.7 Å². The summed E-state index contributed by atoms with van der Waals surface area (Å²) in [5.74, 6) is 0.297. The number of halogens is 2. The van der Waals surface area contributed by atoms with Crippen LogP contribution in [0.15, 0.2) is 17.2 Å². The average Bonchev–Trinajstić information content (AvgIpc) is 2.16. The lowest BCUT2D eigenvalue weighted by molar-refractivity contribution is 0.387. The van der Waals surface area contributed by atoms with E-state index in [4.69, 9.17) is 27.0 Å². The van der Waals surface area contributed by atoms with E-state index in [1.807, 2.05) is 0 Å². The first kappa shape index (κ1) is 10.5. The molecule has 6 heteroatoms. The molecule has 0 bridgehead atoms. The molecular weight excluding hydrogens is 233 g/mol. The van der Waals surface area contributed by atoms with E-state index in [2.05, 4.69) is 4.98 Å². The molecule has 1 heterocycles. The Kier molecular flexibility index (Phi) is 3.75. The van der Waals surface area contributed by atoms with Gasteiger partial charge in [0.25, 0.3) is 0 Å². The molecule has 0 N–H and O–H groups in total. The summed E-state index contributed by atoms with van der Waals surface area (Å²) in [5.41, 5.74) is 0. The van der Waals surface area contributed by atoms with Crippen LogP contribution in [0.4, 0.5) is 0 Å². The van der Waals surface area contributed by atoms with Crippen molar-refractivity contribution in [2.45, 2.75) is 4.90 Å². The third kappa shape index (κ3) is 2.45. The maximum atomic E-state index is 10.3. The Labute approximate surface area is 87.1 Å². The second kappa shape index (κ2) is 4.63. The van der Waals surface area contributed by atoms with Gasteiger partial charge < -0.3 is 4.74 Å². The molecule has 0 radical (unpaired) electrons. The van der Waals surface area contributed by atoms with Gasteiger partial charge in [-0.2, -0.15) is 0 Å². The normalized spacial score (nSPS) is 11.9. The third-order valence-corrected chi connectivity index (χ3v) is 2.96. The van der Waals surface area contributed by atoms with Gasteiger partial charge in [-0.1, -0.05) is 11.6 Å². The van der Waals surface area contributed by atoms with E-state index in [9.17, 15) is 4.79 Å². The maximum Gasteiger partial charge on any atom is 0.228 e. The van der Waals surface area contributed by atoms with E-state index in [-0.39, 0.29) is 0 Å². The minimum Gasteiger partial charge on any atom is -0.480 e. The van der Waals surface area contributed by atoms with Gasteiger partial charge in [0.2, 0.25) is 5.88 Å². The second-order valence-electron chi connectivity index (χ2n) is 2.00. The van der Waals surface area contributed by atoms with Crippen molar-refractivity contribution in [2.24, 2.45) is 0 Å². The number of methoxy groups -OCH3 is 1. The SMILES string of the molecule is COc1ncc(Cl)cc1S(Cl)=C=O. The van der Waals surface area contributed by atoms with E-state index in [1.165, 1.54) is 19.4 Å². The molecular formula is C7H5Cl2NO2S. The lowest BCUT2D eigenvalue weighted by Gasteiger charge is -2.04. The number of hydrogen-bond acceptors (Lipinski definition) is 3. The average molecular weight is 238 g/mol. The van der Waals surface area contributed by atoms with Crippen LogP contribution in [0.1, 0.15) is 0 Å². The van der Waals surface area contributed by atoms with Gasteiger partial charge in [0, 0.05) is 15.9 Å². The highest BCUT2D eigenvalue weighted by atomic mass is 35.7. The summed E-state index contributed by atoms with van der Waals surface area (Å²) in [7, 11) is 5.95. The molecule has 1 rings (SSSR count). The van der Waals surface area contributed by atoms with Crippen LogP contribution < -0.4 is 4.74 Å². The van der Waals surface area contributed by atoms with Gasteiger partial charge in [-0.3, -0.25) is 0 Å². The van der Waals surface area contributed by atoms with Crippen molar-refractivity contribution in [3.63, 3.8) is 0 Å². The standard InChI is InChI=1S/C7H5Cl2NO2S/c1-12-7-6(13(9)4-11)2-5(8)3-10-7/h2-3H,1H3. The molecule has 70 valence electrons. The Bertz CT molecular complexity index is 377. The van der Waals surface area contributed by atoms with Crippen LogP contribution in [-0.2, 0) is 4.79 Å². The molecule has 1 aromatic heterocycles. The Morgan fingerprint density at radius 2 is 2.38 bits per heavy atom. The predicted octanol–water partition coefficient (Wildman–Crippen LogP) is 2.59. The fraction of sp³-hybridized carbons (Fsp3) is 0.143. The third-order valence-electron chi connectivity index (χ3n) is 1.24. The van der Waals surface area contributed by atoms with Crippen molar-refractivity contribution in [3.05, 3.63) is 17.3 Å². The topological polar surface area (TPSA) is 39.2 Å². The molecule has 3 nitrogen and oxygen atoms in total. The minimum absolute atomic E-state index is 0.297. The molecule has 13 heavy (non-hydrogen) atoms. The highest BCUT2D eigenvalue weighted by Crippen LogP contribution is 2.37. The highest BCUT2D eigenvalue weighted by molar-refractivity contribution is 8.33.